The van der Waals surface area contributed by atoms with Crippen LogP contribution in [0.15, 0.2) is 36.8 Å². The Bertz CT molecular complexity index is 977. The van der Waals surface area contributed by atoms with Crippen molar-refractivity contribution in [2.24, 2.45) is 0 Å². The zero-order valence-electron chi connectivity index (χ0n) is 12.2. The van der Waals surface area contributed by atoms with Crippen LogP contribution < -0.4 is 0 Å². The largest absolute Gasteiger partial charge is 0.462 e. The Hall–Kier alpha value is -3.15. The molecule has 0 saturated carbocycles. The number of aromatic nitrogens is 3. The Morgan fingerprint density at radius 2 is 1.83 bits per heavy atom. The molecule has 23 heavy (non-hydrogen) atoms. The van der Waals surface area contributed by atoms with E-state index in [4.69, 9.17) is 4.74 Å². The summed E-state index contributed by atoms with van der Waals surface area (Å²) in [6.07, 6.45) is 4.67. The molecule has 3 heterocycles. The minimum absolute atomic E-state index is 0.241. The fourth-order valence-corrected chi connectivity index (χ4v) is 2.75. The van der Waals surface area contributed by atoms with E-state index < -0.39 is 5.97 Å². The van der Waals surface area contributed by atoms with Gasteiger partial charge in [0.15, 0.2) is 0 Å². The Morgan fingerprint density at radius 1 is 1.09 bits per heavy atom. The van der Waals surface area contributed by atoms with Gasteiger partial charge in [0.1, 0.15) is 11.4 Å². The molecule has 112 valence electrons. The van der Waals surface area contributed by atoms with E-state index in [-0.39, 0.29) is 18.0 Å². The van der Waals surface area contributed by atoms with Crippen LogP contribution in [-0.2, 0) is 4.74 Å². The molecule has 0 aliphatic heterocycles. The van der Waals surface area contributed by atoms with E-state index in [1.807, 2.05) is 12.1 Å². The predicted octanol–water partition coefficient (Wildman–Crippen LogP) is 2.41. The number of hydrogen-bond donors (Lipinski definition) is 0. The summed E-state index contributed by atoms with van der Waals surface area (Å²) < 4.78 is 4.96. The van der Waals surface area contributed by atoms with Gasteiger partial charge in [-0.05, 0) is 30.5 Å². The number of hydrogen-bond acceptors (Lipinski definition) is 6. The third kappa shape index (κ3) is 1.92. The standard InChI is InChI=1S/C17H11N3O3/c1-2-23-17(22)10-7-11-13(20-8-10)14-12-9(3-5-18-14)4-6-19-15(12)16(11)21/h3-8H,2H2,1H3. The molecule has 0 atom stereocenters. The molecule has 3 aromatic heterocycles. The van der Waals surface area contributed by atoms with E-state index in [1.165, 1.54) is 12.3 Å². The van der Waals surface area contributed by atoms with Crippen LogP contribution in [0.1, 0.15) is 33.3 Å². The summed E-state index contributed by atoms with van der Waals surface area (Å²) in [6.45, 7) is 1.98. The lowest BCUT2D eigenvalue weighted by atomic mass is 9.91. The molecular weight excluding hydrogens is 294 g/mol. The molecule has 4 rings (SSSR count). The van der Waals surface area contributed by atoms with Gasteiger partial charge in [-0.1, -0.05) is 0 Å². The second-order valence-corrected chi connectivity index (χ2v) is 5.09. The fraction of sp³-hybridized carbons (Fsp3) is 0.118. The molecular formula is C17H11N3O3. The lowest BCUT2D eigenvalue weighted by molar-refractivity contribution is 0.0526. The van der Waals surface area contributed by atoms with Gasteiger partial charge < -0.3 is 4.74 Å². The highest BCUT2D eigenvalue weighted by Gasteiger charge is 2.29. The van der Waals surface area contributed by atoms with Crippen LogP contribution in [-0.4, -0.2) is 33.3 Å². The van der Waals surface area contributed by atoms with E-state index in [1.54, 1.807) is 19.3 Å². The normalized spacial score (nSPS) is 12.1. The Labute approximate surface area is 131 Å². The Kier molecular flexibility index (Phi) is 2.90. The third-order valence-electron chi connectivity index (χ3n) is 3.76. The SMILES string of the molecule is CCOC(=O)c1cnc2c(c1)C(=O)c1nccc3ccnc-2c13. The first-order valence-electron chi connectivity index (χ1n) is 7.16. The molecule has 1 aliphatic rings. The number of ketones is 1. The average molecular weight is 305 g/mol. The van der Waals surface area contributed by atoms with Crippen molar-refractivity contribution < 1.29 is 14.3 Å². The molecule has 0 amide bonds. The van der Waals surface area contributed by atoms with Gasteiger partial charge in [-0.2, -0.15) is 0 Å². The lowest BCUT2D eigenvalue weighted by Gasteiger charge is -2.17. The average Bonchev–Trinajstić information content (AvgIpc) is 2.59. The van der Waals surface area contributed by atoms with Gasteiger partial charge in [-0.3, -0.25) is 19.7 Å². The van der Waals surface area contributed by atoms with Crippen LogP contribution in [0.5, 0.6) is 0 Å². The van der Waals surface area contributed by atoms with Gasteiger partial charge in [0, 0.05) is 24.0 Å². The maximum atomic E-state index is 12.7. The molecule has 0 saturated heterocycles. The third-order valence-corrected chi connectivity index (χ3v) is 3.76. The van der Waals surface area contributed by atoms with Gasteiger partial charge in [0.2, 0.25) is 5.78 Å². The summed E-state index contributed by atoms with van der Waals surface area (Å²) in [6, 6.07) is 5.16. The minimum atomic E-state index is -0.506. The van der Waals surface area contributed by atoms with Crippen molar-refractivity contribution in [3.63, 3.8) is 0 Å². The van der Waals surface area contributed by atoms with Crippen LogP contribution in [0.25, 0.3) is 22.2 Å². The Morgan fingerprint density at radius 3 is 2.57 bits per heavy atom. The molecule has 0 radical (unpaired) electrons. The van der Waals surface area contributed by atoms with E-state index in [9.17, 15) is 9.59 Å². The zero-order valence-corrected chi connectivity index (χ0v) is 12.2. The molecule has 0 spiro atoms. The quantitative estimate of drug-likeness (QED) is 0.529. The van der Waals surface area contributed by atoms with Gasteiger partial charge in [-0.15, -0.1) is 0 Å². The number of carbonyl (C=O) groups is 2. The number of fused-ring (bicyclic) bond motifs is 2. The van der Waals surface area contributed by atoms with Crippen molar-refractivity contribution in [2.75, 3.05) is 6.61 Å². The van der Waals surface area contributed by atoms with E-state index in [0.717, 1.165) is 5.39 Å². The molecule has 0 fully saturated rings. The van der Waals surface area contributed by atoms with Crippen molar-refractivity contribution in [1.29, 1.82) is 0 Å². The second-order valence-electron chi connectivity index (χ2n) is 5.09. The lowest BCUT2D eigenvalue weighted by Crippen LogP contribution is -2.16. The molecule has 0 N–H and O–H groups in total. The number of esters is 1. The maximum absolute atomic E-state index is 12.7. The molecule has 0 unspecified atom stereocenters. The monoisotopic (exact) mass is 305 g/mol. The number of rotatable bonds is 2. The van der Waals surface area contributed by atoms with Gasteiger partial charge in [0.05, 0.1) is 23.4 Å². The highest BCUT2D eigenvalue weighted by Crippen LogP contribution is 2.35. The van der Waals surface area contributed by atoms with Gasteiger partial charge >= 0.3 is 5.97 Å². The molecule has 0 bridgehead atoms. The predicted molar refractivity (Wildman–Crippen MR) is 82.2 cm³/mol. The molecule has 0 aromatic carbocycles. The second kappa shape index (κ2) is 4.95. The van der Waals surface area contributed by atoms with Crippen molar-refractivity contribution in [1.82, 2.24) is 15.0 Å². The van der Waals surface area contributed by atoms with E-state index >= 15 is 0 Å². The maximum Gasteiger partial charge on any atom is 0.339 e. The summed E-state index contributed by atoms with van der Waals surface area (Å²) >= 11 is 0. The Balaban J connectivity index is 1.99. The zero-order chi connectivity index (χ0) is 16.0. The van der Waals surface area contributed by atoms with Gasteiger partial charge in [-0.25, -0.2) is 4.79 Å². The highest BCUT2D eigenvalue weighted by atomic mass is 16.5. The number of nitrogens with zero attached hydrogens (tertiary/aromatic N) is 3. The summed E-state index contributed by atoms with van der Waals surface area (Å²) in [4.78, 5) is 37.4. The van der Waals surface area contributed by atoms with Crippen LogP contribution in [0, 0.1) is 0 Å². The number of pyridine rings is 3. The summed E-state index contributed by atoms with van der Waals surface area (Å²) in [7, 11) is 0. The molecule has 6 nitrogen and oxygen atoms in total. The smallest absolute Gasteiger partial charge is 0.339 e. The van der Waals surface area contributed by atoms with Crippen molar-refractivity contribution in [3.05, 3.63) is 53.6 Å². The van der Waals surface area contributed by atoms with E-state index in [2.05, 4.69) is 15.0 Å². The van der Waals surface area contributed by atoms with E-state index in [0.29, 0.717) is 28.0 Å². The van der Waals surface area contributed by atoms with Crippen molar-refractivity contribution >= 4 is 22.5 Å². The first kappa shape index (κ1) is 13.5. The minimum Gasteiger partial charge on any atom is -0.462 e. The highest BCUT2D eigenvalue weighted by molar-refractivity contribution is 6.23. The summed E-state index contributed by atoms with van der Waals surface area (Å²) in [5, 5.41) is 1.58. The van der Waals surface area contributed by atoms with Crippen LogP contribution in [0.2, 0.25) is 0 Å². The van der Waals surface area contributed by atoms with Crippen molar-refractivity contribution in [3.8, 4) is 11.4 Å². The first-order chi connectivity index (χ1) is 11.2. The summed E-state index contributed by atoms with van der Waals surface area (Å²) in [5.41, 5.74) is 1.97. The number of ether oxygens (including phenoxy) is 1. The molecule has 1 aliphatic carbocycles. The van der Waals surface area contributed by atoms with Crippen molar-refractivity contribution in [2.45, 2.75) is 6.92 Å². The number of carbonyl (C=O) groups excluding carboxylic acids is 2. The molecule has 3 aromatic rings. The van der Waals surface area contributed by atoms with Gasteiger partial charge in [0.25, 0.3) is 0 Å². The first-order valence-corrected chi connectivity index (χ1v) is 7.16. The summed E-state index contributed by atoms with van der Waals surface area (Å²) in [5.74, 6) is -0.765. The topological polar surface area (TPSA) is 82.0 Å². The van der Waals surface area contributed by atoms with Crippen LogP contribution in [0.4, 0.5) is 0 Å². The van der Waals surface area contributed by atoms with Crippen LogP contribution in [0.3, 0.4) is 0 Å². The van der Waals surface area contributed by atoms with Crippen LogP contribution >= 0.6 is 0 Å². The molecule has 6 heteroatoms. The fourth-order valence-electron chi connectivity index (χ4n) is 2.75.